The van der Waals surface area contributed by atoms with Crippen molar-refractivity contribution in [3.63, 3.8) is 0 Å². The highest BCUT2D eigenvalue weighted by molar-refractivity contribution is 5.53. The number of fused-ring (bicyclic) bond motifs is 1. The molecule has 0 amide bonds. The molecule has 0 saturated carbocycles. The summed E-state index contributed by atoms with van der Waals surface area (Å²) < 4.78 is 0. The number of para-hydroxylation sites is 1. The third-order valence-electron chi connectivity index (χ3n) is 4.21. The molecular formula is C18H22N2. The molecule has 0 aromatic heterocycles. The lowest BCUT2D eigenvalue weighted by Crippen LogP contribution is -2.19. The summed E-state index contributed by atoms with van der Waals surface area (Å²) in [6.45, 7) is 1.52. The molecule has 0 atom stereocenters. The van der Waals surface area contributed by atoms with Gasteiger partial charge in [0.1, 0.15) is 0 Å². The Balaban J connectivity index is 1.80. The van der Waals surface area contributed by atoms with Crippen LogP contribution in [0, 0.1) is 0 Å². The molecule has 2 aromatic carbocycles. The fourth-order valence-corrected chi connectivity index (χ4v) is 3.14. The highest BCUT2D eigenvalue weighted by atomic mass is 15.1. The van der Waals surface area contributed by atoms with E-state index in [-0.39, 0.29) is 0 Å². The van der Waals surface area contributed by atoms with Gasteiger partial charge in [-0.2, -0.15) is 0 Å². The predicted octanol–water partition coefficient (Wildman–Crippen LogP) is 3.27. The quantitative estimate of drug-likeness (QED) is 0.920. The Kier molecular flexibility index (Phi) is 3.75. The van der Waals surface area contributed by atoms with Crippen LogP contribution >= 0.6 is 0 Å². The van der Waals surface area contributed by atoms with Crippen molar-refractivity contribution in [2.45, 2.75) is 32.4 Å². The topological polar surface area (TPSA) is 29.3 Å². The minimum atomic E-state index is 0.588. The summed E-state index contributed by atoms with van der Waals surface area (Å²) >= 11 is 0. The van der Waals surface area contributed by atoms with Gasteiger partial charge in [0, 0.05) is 25.8 Å². The number of hydrogen-bond donors (Lipinski definition) is 1. The standard InChI is InChI=1S/C18H22N2/c1-20(18-8-3-2-5-17(18)12-19)13-14-9-10-15-6-4-7-16(15)11-14/h2-3,5,8-11H,4,6-7,12-13,19H2,1H3. The number of anilines is 1. The number of rotatable bonds is 4. The highest BCUT2D eigenvalue weighted by Gasteiger charge is 2.12. The van der Waals surface area contributed by atoms with Crippen LogP contribution in [0.2, 0.25) is 0 Å². The van der Waals surface area contributed by atoms with Crippen LogP contribution in [-0.2, 0) is 25.9 Å². The molecule has 20 heavy (non-hydrogen) atoms. The van der Waals surface area contributed by atoms with Crippen molar-refractivity contribution in [1.82, 2.24) is 0 Å². The number of nitrogens with zero attached hydrogens (tertiary/aromatic N) is 1. The molecule has 2 aromatic rings. The van der Waals surface area contributed by atoms with Crippen LogP contribution in [-0.4, -0.2) is 7.05 Å². The first kappa shape index (κ1) is 13.2. The molecule has 0 spiro atoms. The van der Waals surface area contributed by atoms with Gasteiger partial charge in [0.05, 0.1) is 0 Å². The van der Waals surface area contributed by atoms with Crippen LogP contribution in [0.4, 0.5) is 5.69 Å². The Labute approximate surface area is 121 Å². The second kappa shape index (κ2) is 5.68. The SMILES string of the molecule is CN(Cc1ccc2c(c1)CCC2)c1ccccc1CN. The Morgan fingerprint density at radius 3 is 2.70 bits per heavy atom. The molecule has 0 aliphatic heterocycles. The van der Waals surface area contributed by atoms with Crippen molar-refractivity contribution in [2.75, 3.05) is 11.9 Å². The minimum Gasteiger partial charge on any atom is -0.370 e. The van der Waals surface area contributed by atoms with E-state index >= 15 is 0 Å². The molecule has 104 valence electrons. The van der Waals surface area contributed by atoms with Gasteiger partial charge in [0.2, 0.25) is 0 Å². The first-order valence-electron chi connectivity index (χ1n) is 7.37. The van der Waals surface area contributed by atoms with Crippen LogP contribution in [0.25, 0.3) is 0 Å². The predicted molar refractivity (Wildman–Crippen MR) is 84.9 cm³/mol. The van der Waals surface area contributed by atoms with Crippen molar-refractivity contribution in [1.29, 1.82) is 0 Å². The average Bonchev–Trinajstić information content (AvgIpc) is 2.94. The van der Waals surface area contributed by atoms with Crippen LogP contribution in [0.15, 0.2) is 42.5 Å². The van der Waals surface area contributed by atoms with Crippen LogP contribution < -0.4 is 10.6 Å². The molecule has 0 unspecified atom stereocenters. The van der Waals surface area contributed by atoms with Gasteiger partial charge in [-0.15, -0.1) is 0 Å². The first-order valence-corrected chi connectivity index (χ1v) is 7.37. The molecule has 0 heterocycles. The Morgan fingerprint density at radius 2 is 1.85 bits per heavy atom. The maximum Gasteiger partial charge on any atom is 0.0426 e. The van der Waals surface area contributed by atoms with Gasteiger partial charge in [-0.1, -0.05) is 36.4 Å². The molecule has 3 rings (SSSR count). The fraction of sp³-hybridized carbons (Fsp3) is 0.333. The Bertz CT molecular complexity index is 604. The maximum atomic E-state index is 5.83. The molecule has 1 aliphatic carbocycles. The van der Waals surface area contributed by atoms with Crippen LogP contribution in [0.5, 0.6) is 0 Å². The summed E-state index contributed by atoms with van der Waals surface area (Å²) in [6, 6.07) is 15.3. The van der Waals surface area contributed by atoms with Gasteiger partial charge in [0.25, 0.3) is 0 Å². The molecule has 0 saturated heterocycles. The lowest BCUT2D eigenvalue weighted by molar-refractivity contribution is 0.898. The second-order valence-corrected chi connectivity index (χ2v) is 5.65. The van der Waals surface area contributed by atoms with Gasteiger partial charge in [-0.05, 0) is 47.6 Å². The van der Waals surface area contributed by atoms with Crippen molar-refractivity contribution in [3.8, 4) is 0 Å². The van der Waals surface area contributed by atoms with Gasteiger partial charge < -0.3 is 10.6 Å². The summed E-state index contributed by atoms with van der Waals surface area (Å²) in [5, 5.41) is 0. The van der Waals surface area contributed by atoms with Crippen LogP contribution in [0.1, 0.15) is 28.7 Å². The molecule has 2 nitrogen and oxygen atoms in total. The van der Waals surface area contributed by atoms with E-state index in [9.17, 15) is 0 Å². The lowest BCUT2D eigenvalue weighted by atomic mass is 10.1. The van der Waals surface area contributed by atoms with E-state index in [0.29, 0.717) is 6.54 Å². The van der Waals surface area contributed by atoms with Gasteiger partial charge in [-0.25, -0.2) is 0 Å². The second-order valence-electron chi connectivity index (χ2n) is 5.65. The number of aryl methyl sites for hydroxylation is 2. The summed E-state index contributed by atoms with van der Waals surface area (Å²) in [7, 11) is 2.14. The smallest absolute Gasteiger partial charge is 0.0426 e. The molecule has 0 radical (unpaired) electrons. The zero-order valence-corrected chi connectivity index (χ0v) is 12.1. The first-order chi connectivity index (χ1) is 9.78. The monoisotopic (exact) mass is 266 g/mol. The number of nitrogens with two attached hydrogens (primary N) is 1. The average molecular weight is 266 g/mol. The van der Waals surface area contributed by atoms with Crippen molar-refractivity contribution in [3.05, 3.63) is 64.7 Å². The van der Waals surface area contributed by atoms with E-state index in [1.165, 1.54) is 36.1 Å². The molecule has 0 bridgehead atoms. The molecule has 1 aliphatic rings. The van der Waals surface area contributed by atoms with Crippen molar-refractivity contribution < 1.29 is 0 Å². The van der Waals surface area contributed by atoms with Gasteiger partial charge >= 0.3 is 0 Å². The molecule has 2 heteroatoms. The number of benzene rings is 2. The van der Waals surface area contributed by atoms with Crippen molar-refractivity contribution >= 4 is 5.69 Å². The molecule has 2 N–H and O–H groups in total. The van der Waals surface area contributed by atoms with Crippen LogP contribution in [0.3, 0.4) is 0 Å². The van der Waals surface area contributed by atoms with E-state index in [4.69, 9.17) is 5.73 Å². The summed E-state index contributed by atoms with van der Waals surface area (Å²) in [5.41, 5.74) is 12.7. The third kappa shape index (κ3) is 2.56. The number of hydrogen-bond acceptors (Lipinski definition) is 2. The Morgan fingerprint density at radius 1 is 1.05 bits per heavy atom. The van der Waals surface area contributed by atoms with Crippen molar-refractivity contribution in [2.24, 2.45) is 5.73 Å². The lowest BCUT2D eigenvalue weighted by Gasteiger charge is -2.22. The normalized spacial score (nSPS) is 13.3. The molecule has 0 fully saturated rings. The van der Waals surface area contributed by atoms with Gasteiger partial charge in [0.15, 0.2) is 0 Å². The van der Waals surface area contributed by atoms with E-state index in [1.54, 1.807) is 11.1 Å². The largest absolute Gasteiger partial charge is 0.370 e. The van der Waals surface area contributed by atoms with E-state index in [1.807, 2.05) is 0 Å². The minimum absolute atomic E-state index is 0.588. The molecular weight excluding hydrogens is 244 g/mol. The highest BCUT2D eigenvalue weighted by Crippen LogP contribution is 2.25. The summed E-state index contributed by atoms with van der Waals surface area (Å²) in [4.78, 5) is 2.29. The summed E-state index contributed by atoms with van der Waals surface area (Å²) in [6.07, 6.45) is 3.80. The zero-order valence-electron chi connectivity index (χ0n) is 12.1. The Hall–Kier alpha value is -1.80. The fourth-order valence-electron chi connectivity index (χ4n) is 3.14. The maximum absolute atomic E-state index is 5.83. The zero-order chi connectivity index (χ0) is 13.9. The third-order valence-corrected chi connectivity index (χ3v) is 4.21. The van der Waals surface area contributed by atoms with Gasteiger partial charge in [-0.3, -0.25) is 0 Å². The summed E-state index contributed by atoms with van der Waals surface area (Å²) in [5.74, 6) is 0. The van der Waals surface area contributed by atoms with E-state index in [0.717, 1.165) is 6.54 Å². The van der Waals surface area contributed by atoms with E-state index in [2.05, 4.69) is 54.4 Å². The van der Waals surface area contributed by atoms with E-state index < -0.39 is 0 Å².